The van der Waals surface area contributed by atoms with E-state index in [1.165, 1.54) is 0 Å². The van der Waals surface area contributed by atoms with Crippen LogP contribution in [0.3, 0.4) is 0 Å². The maximum atomic E-state index is 11.8. The van der Waals surface area contributed by atoms with Gasteiger partial charge in [-0.25, -0.2) is 4.79 Å². The van der Waals surface area contributed by atoms with E-state index < -0.39 is 31.1 Å². The highest BCUT2D eigenvalue weighted by molar-refractivity contribution is 5.84. The highest BCUT2D eigenvalue weighted by Gasteiger charge is 2.20. The second kappa shape index (κ2) is 9.17. The quantitative estimate of drug-likeness (QED) is 0.594. The lowest BCUT2D eigenvalue weighted by Gasteiger charge is -2.22. The van der Waals surface area contributed by atoms with E-state index in [0.717, 1.165) is 24.2 Å². The van der Waals surface area contributed by atoms with Gasteiger partial charge in [0.1, 0.15) is 13.1 Å². The van der Waals surface area contributed by atoms with E-state index in [0.29, 0.717) is 5.92 Å². The van der Waals surface area contributed by atoms with Crippen LogP contribution in [0.25, 0.3) is 0 Å². The number of carbonyl (C=O) groups excluding carboxylic acids is 1. The molecule has 0 saturated carbocycles. The summed E-state index contributed by atoms with van der Waals surface area (Å²) in [7, 11) is 0. The molecule has 0 aromatic carbocycles. The fourth-order valence-corrected chi connectivity index (χ4v) is 1.73. The number of hydrogen-bond acceptors (Lipinski definition) is 3. The molecule has 1 atom stereocenters. The van der Waals surface area contributed by atoms with Crippen LogP contribution in [-0.4, -0.2) is 52.2 Å². The molecule has 0 aliphatic heterocycles. The summed E-state index contributed by atoms with van der Waals surface area (Å²) in [5.74, 6) is -1.89. The van der Waals surface area contributed by atoms with Gasteiger partial charge in [0.15, 0.2) is 0 Å². The monoisotopic (exact) mass is 288 g/mol. The van der Waals surface area contributed by atoms with Gasteiger partial charge in [0.25, 0.3) is 0 Å². The van der Waals surface area contributed by atoms with Crippen LogP contribution in [0.15, 0.2) is 0 Å². The lowest BCUT2D eigenvalue weighted by Crippen LogP contribution is -2.47. The van der Waals surface area contributed by atoms with Gasteiger partial charge in [0, 0.05) is 6.04 Å². The van der Waals surface area contributed by atoms with Gasteiger partial charge in [0.2, 0.25) is 0 Å². The predicted octanol–water partition coefficient (Wildman–Crippen LogP) is 1.38. The van der Waals surface area contributed by atoms with E-state index in [-0.39, 0.29) is 6.04 Å². The number of carboxylic acids is 2. The van der Waals surface area contributed by atoms with E-state index in [4.69, 9.17) is 10.2 Å². The molecule has 20 heavy (non-hydrogen) atoms. The van der Waals surface area contributed by atoms with Crippen LogP contribution in [0.4, 0.5) is 4.79 Å². The molecule has 0 aliphatic rings. The Morgan fingerprint density at radius 2 is 1.50 bits per heavy atom. The van der Waals surface area contributed by atoms with Gasteiger partial charge in [-0.05, 0) is 19.3 Å². The molecular weight excluding hydrogens is 264 g/mol. The van der Waals surface area contributed by atoms with E-state index in [9.17, 15) is 14.4 Å². The normalized spacial score (nSPS) is 12.0. The summed E-state index contributed by atoms with van der Waals surface area (Å²) in [5, 5.41) is 20.0. The zero-order chi connectivity index (χ0) is 15.7. The highest BCUT2D eigenvalue weighted by Crippen LogP contribution is 2.08. The van der Waals surface area contributed by atoms with Gasteiger partial charge in [-0.3, -0.25) is 9.59 Å². The molecule has 0 bridgehead atoms. The zero-order valence-corrected chi connectivity index (χ0v) is 12.3. The topological polar surface area (TPSA) is 107 Å². The predicted molar refractivity (Wildman–Crippen MR) is 73.5 cm³/mol. The van der Waals surface area contributed by atoms with E-state index in [2.05, 4.69) is 19.2 Å². The molecule has 0 aliphatic carbocycles. The van der Waals surface area contributed by atoms with Crippen molar-refractivity contribution in [2.24, 2.45) is 5.92 Å². The van der Waals surface area contributed by atoms with Gasteiger partial charge in [0.05, 0.1) is 0 Å². The maximum absolute atomic E-state index is 11.8. The molecule has 0 aromatic heterocycles. The van der Waals surface area contributed by atoms with Crippen molar-refractivity contribution in [1.82, 2.24) is 10.2 Å². The molecule has 0 aromatic rings. The molecule has 0 rings (SSSR count). The second-order valence-electron chi connectivity index (χ2n) is 5.32. The van der Waals surface area contributed by atoms with Crippen molar-refractivity contribution < 1.29 is 24.6 Å². The molecule has 7 nitrogen and oxygen atoms in total. The molecule has 0 fully saturated rings. The number of nitrogens with zero attached hydrogens (tertiary/aromatic N) is 1. The smallest absolute Gasteiger partial charge is 0.323 e. The fourth-order valence-electron chi connectivity index (χ4n) is 1.73. The van der Waals surface area contributed by atoms with Crippen LogP contribution in [0.5, 0.6) is 0 Å². The van der Waals surface area contributed by atoms with Crippen LogP contribution in [0.2, 0.25) is 0 Å². The molecule has 0 spiro atoms. The fraction of sp³-hybridized carbons (Fsp3) is 0.769. The van der Waals surface area contributed by atoms with Crippen LogP contribution < -0.4 is 5.32 Å². The zero-order valence-electron chi connectivity index (χ0n) is 12.3. The summed E-state index contributed by atoms with van der Waals surface area (Å²) >= 11 is 0. The number of carboxylic acid groups (broad SMARTS) is 2. The van der Waals surface area contributed by atoms with Gasteiger partial charge >= 0.3 is 18.0 Å². The standard InChI is InChI=1S/C13H24N2O5/c1-9(2)5-4-6-10(3)14-13(20)15(7-11(16)17)8-12(18)19/h9-10H,4-8H2,1-3H3,(H,14,20)(H,16,17)(H,18,19). The molecule has 2 amide bonds. The molecule has 0 heterocycles. The van der Waals surface area contributed by atoms with E-state index in [1.807, 2.05) is 6.92 Å². The van der Waals surface area contributed by atoms with Crippen LogP contribution in [0, 0.1) is 5.92 Å². The van der Waals surface area contributed by atoms with Crippen molar-refractivity contribution in [2.45, 2.75) is 46.1 Å². The molecule has 116 valence electrons. The first-order chi connectivity index (χ1) is 9.22. The lowest BCUT2D eigenvalue weighted by molar-refractivity contribution is -0.140. The lowest BCUT2D eigenvalue weighted by atomic mass is 10.0. The van der Waals surface area contributed by atoms with Crippen LogP contribution in [-0.2, 0) is 9.59 Å². The molecule has 1 unspecified atom stereocenters. The third kappa shape index (κ3) is 9.18. The SMILES string of the molecule is CC(C)CCCC(C)NC(=O)N(CC(=O)O)CC(=O)O. The van der Waals surface area contributed by atoms with Crippen LogP contribution in [0.1, 0.15) is 40.0 Å². The minimum absolute atomic E-state index is 0.119. The van der Waals surface area contributed by atoms with Gasteiger partial charge in [-0.1, -0.05) is 26.7 Å². The molecule has 0 saturated heterocycles. The minimum atomic E-state index is -1.24. The Labute approximate surface area is 119 Å². The molecule has 7 heteroatoms. The average molecular weight is 288 g/mol. The van der Waals surface area contributed by atoms with Crippen molar-refractivity contribution in [2.75, 3.05) is 13.1 Å². The van der Waals surface area contributed by atoms with Crippen molar-refractivity contribution in [3.05, 3.63) is 0 Å². The van der Waals surface area contributed by atoms with E-state index >= 15 is 0 Å². The average Bonchev–Trinajstić information content (AvgIpc) is 2.25. The second-order valence-corrected chi connectivity index (χ2v) is 5.32. The molecule has 0 radical (unpaired) electrons. The van der Waals surface area contributed by atoms with Gasteiger partial charge < -0.3 is 20.4 Å². The summed E-state index contributed by atoms with van der Waals surface area (Å²) in [6, 6.07) is -0.779. The Balaban J connectivity index is 4.28. The summed E-state index contributed by atoms with van der Waals surface area (Å²) in [6.07, 6.45) is 2.78. The maximum Gasteiger partial charge on any atom is 0.323 e. The third-order valence-electron chi connectivity index (χ3n) is 2.73. The first kappa shape index (κ1) is 18.2. The summed E-state index contributed by atoms with van der Waals surface area (Å²) in [4.78, 5) is 33.8. The Hall–Kier alpha value is -1.79. The number of nitrogens with one attached hydrogen (secondary N) is 1. The number of amides is 2. The first-order valence-electron chi connectivity index (χ1n) is 6.71. The van der Waals surface area contributed by atoms with E-state index in [1.54, 1.807) is 0 Å². The summed E-state index contributed by atoms with van der Waals surface area (Å²) in [6.45, 7) is 4.79. The van der Waals surface area contributed by atoms with Crippen molar-refractivity contribution in [3.8, 4) is 0 Å². The van der Waals surface area contributed by atoms with Crippen LogP contribution >= 0.6 is 0 Å². The van der Waals surface area contributed by atoms with Crippen molar-refractivity contribution in [3.63, 3.8) is 0 Å². The number of urea groups is 1. The first-order valence-corrected chi connectivity index (χ1v) is 6.71. The summed E-state index contributed by atoms with van der Waals surface area (Å²) < 4.78 is 0. The number of rotatable bonds is 9. The molecular formula is C13H24N2O5. The summed E-state index contributed by atoms with van der Waals surface area (Å²) in [5.41, 5.74) is 0. The largest absolute Gasteiger partial charge is 0.480 e. The Morgan fingerprint density at radius 1 is 1.00 bits per heavy atom. The minimum Gasteiger partial charge on any atom is -0.480 e. The number of aliphatic carboxylic acids is 2. The Bertz CT molecular complexity index is 328. The highest BCUT2D eigenvalue weighted by atomic mass is 16.4. The van der Waals surface area contributed by atoms with Crippen molar-refractivity contribution >= 4 is 18.0 Å². The Kier molecular flexibility index (Phi) is 8.35. The van der Waals surface area contributed by atoms with Gasteiger partial charge in [-0.15, -0.1) is 0 Å². The number of hydrogen-bond donors (Lipinski definition) is 3. The Morgan fingerprint density at radius 3 is 1.90 bits per heavy atom. The third-order valence-corrected chi connectivity index (χ3v) is 2.73. The van der Waals surface area contributed by atoms with Gasteiger partial charge in [-0.2, -0.15) is 0 Å². The molecule has 3 N–H and O–H groups in total. The van der Waals surface area contributed by atoms with Crippen molar-refractivity contribution in [1.29, 1.82) is 0 Å². The number of carbonyl (C=O) groups is 3.